The second-order valence-electron chi connectivity index (χ2n) is 12.4. The number of nitrogens with zero attached hydrogens (tertiary/aromatic N) is 1. The van der Waals surface area contributed by atoms with Crippen LogP contribution in [-0.2, 0) is 11.2 Å². The Morgan fingerprint density at radius 3 is 2.33 bits per heavy atom. The molecule has 0 spiro atoms. The second kappa shape index (κ2) is 9.29. The summed E-state index contributed by atoms with van der Waals surface area (Å²) < 4.78 is 0. The van der Waals surface area contributed by atoms with Gasteiger partial charge in [-0.15, -0.1) is 6.42 Å². The Morgan fingerprint density at radius 1 is 1.06 bits per heavy atom. The molecular formula is C33H40N2O. The number of amides is 1. The molecule has 1 heterocycles. The molecule has 36 heavy (non-hydrogen) atoms. The second-order valence-corrected chi connectivity index (χ2v) is 12.4. The first-order valence-electron chi connectivity index (χ1n) is 14.2. The van der Waals surface area contributed by atoms with E-state index in [1.807, 2.05) is 4.90 Å². The molecule has 4 saturated carbocycles. The van der Waals surface area contributed by atoms with Crippen molar-refractivity contribution in [3.8, 4) is 12.3 Å². The predicted molar refractivity (Wildman–Crippen MR) is 147 cm³/mol. The molecule has 0 unspecified atom stereocenters. The average molecular weight is 481 g/mol. The first-order valence-corrected chi connectivity index (χ1v) is 14.2. The fourth-order valence-corrected chi connectivity index (χ4v) is 8.56. The Morgan fingerprint density at radius 2 is 1.72 bits per heavy atom. The van der Waals surface area contributed by atoms with Crippen molar-refractivity contribution >= 4 is 11.6 Å². The topological polar surface area (TPSA) is 32.3 Å². The Balaban J connectivity index is 1.32. The highest BCUT2D eigenvalue weighted by Gasteiger charge is 2.51. The average Bonchev–Trinajstić information content (AvgIpc) is 2.85. The van der Waals surface area contributed by atoms with E-state index in [0.29, 0.717) is 5.54 Å². The lowest BCUT2D eigenvalue weighted by Gasteiger charge is -2.57. The fourth-order valence-electron chi connectivity index (χ4n) is 8.56. The van der Waals surface area contributed by atoms with Crippen LogP contribution in [0.2, 0.25) is 0 Å². The molecule has 4 bridgehead atoms. The summed E-state index contributed by atoms with van der Waals surface area (Å²) in [5.41, 5.74) is 6.47. The van der Waals surface area contributed by atoms with Gasteiger partial charge in [-0.05, 0) is 111 Å². The van der Waals surface area contributed by atoms with E-state index in [1.165, 1.54) is 60.9 Å². The van der Waals surface area contributed by atoms with Gasteiger partial charge in [0.1, 0.15) is 0 Å². The van der Waals surface area contributed by atoms with Gasteiger partial charge in [-0.3, -0.25) is 4.79 Å². The SMILES string of the molecule is C#CC(=O)N1[C@@H](CCCC)Cc2ccc(C)cc2[C@@H]1c1ccc(NC23CC4CC(CC(C4)C2)C3)cc1. The summed E-state index contributed by atoms with van der Waals surface area (Å²) in [7, 11) is 0. The number of nitrogens with one attached hydrogen (secondary N) is 1. The highest BCUT2D eigenvalue weighted by molar-refractivity contribution is 5.94. The lowest BCUT2D eigenvalue weighted by atomic mass is 9.53. The molecule has 2 aromatic carbocycles. The lowest BCUT2D eigenvalue weighted by Crippen LogP contribution is -2.54. The first kappa shape index (κ1) is 23.7. The first-order chi connectivity index (χ1) is 17.5. The summed E-state index contributed by atoms with van der Waals surface area (Å²) in [6.07, 6.45) is 18.2. The quantitative estimate of drug-likeness (QED) is 0.450. The van der Waals surface area contributed by atoms with Crippen LogP contribution in [0.5, 0.6) is 0 Å². The number of hydrogen-bond acceptors (Lipinski definition) is 2. The highest BCUT2D eigenvalue weighted by Crippen LogP contribution is 2.56. The van der Waals surface area contributed by atoms with Gasteiger partial charge in [0.2, 0.25) is 0 Å². The normalized spacial score (nSPS) is 32.1. The molecule has 2 aromatic rings. The van der Waals surface area contributed by atoms with Crippen LogP contribution in [0.25, 0.3) is 0 Å². The van der Waals surface area contributed by atoms with Gasteiger partial charge in [0.25, 0.3) is 5.91 Å². The van der Waals surface area contributed by atoms with Crippen molar-refractivity contribution in [3.05, 3.63) is 64.7 Å². The summed E-state index contributed by atoms with van der Waals surface area (Å²) in [5, 5.41) is 4.01. The smallest absolute Gasteiger partial charge is 0.299 e. The third kappa shape index (κ3) is 4.23. The zero-order valence-electron chi connectivity index (χ0n) is 21.9. The molecule has 0 aromatic heterocycles. The van der Waals surface area contributed by atoms with Crippen molar-refractivity contribution in [2.75, 3.05) is 5.32 Å². The van der Waals surface area contributed by atoms with Crippen molar-refractivity contribution < 1.29 is 4.79 Å². The number of benzene rings is 2. The minimum Gasteiger partial charge on any atom is -0.380 e. The van der Waals surface area contributed by atoms with Gasteiger partial charge < -0.3 is 10.2 Å². The monoisotopic (exact) mass is 480 g/mol. The van der Waals surface area contributed by atoms with Crippen LogP contribution in [0.15, 0.2) is 42.5 Å². The summed E-state index contributed by atoms with van der Waals surface area (Å²) in [6, 6.07) is 15.7. The van der Waals surface area contributed by atoms with Crippen LogP contribution < -0.4 is 5.32 Å². The van der Waals surface area contributed by atoms with E-state index in [2.05, 4.69) is 67.5 Å². The number of anilines is 1. The van der Waals surface area contributed by atoms with Crippen LogP contribution in [0, 0.1) is 37.0 Å². The van der Waals surface area contributed by atoms with Crippen LogP contribution in [0.1, 0.15) is 93.0 Å². The van der Waals surface area contributed by atoms with Crippen molar-refractivity contribution in [2.24, 2.45) is 17.8 Å². The number of carbonyl (C=O) groups is 1. The Labute approximate surface area is 217 Å². The van der Waals surface area contributed by atoms with E-state index in [4.69, 9.17) is 6.42 Å². The van der Waals surface area contributed by atoms with E-state index in [-0.39, 0.29) is 18.0 Å². The maximum absolute atomic E-state index is 13.2. The zero-order valence-corrected chi connectivity index (χ0v) is 21.9. The molecule has 3 nitrogen and oxygen atoms in total. The van der Waals surface area contributed by atoms with E-state index >= 15 is 0 Å². The zero-order chi connectivity index (χ0) is 24.9. The Hall–Kier alpha value is -2.73. The number of rotatable bonds is 6. The molecule has 1 N–H and O–H groups in total. The number of terminal acetylenes is 1. The van der Waals surface area contributed by atoms with Crippen molar-refractivity contribution in [1.82, 2.24) is 4.90 Å². The van der Waals surface area contributed by atoms with E-state index in [9.17, 15) is 4.79 Å². The largest absolute Gasteiger partial charge is 0.380 e. The van der Waals surface area contributed by atoms with Gasteiger partial charge in [0.15, 0.2) is 0 Å². The van der Waals surface area contributed by atoms with E-state index < -0.39 is 0 Å². The van der Waals surface area contributed by atoms with Crippen LogP contribution in [0.4, 0.5) is 5.69 Å². The molecule has 0 saturated heterocycles. The number of fused-ring (bicyclic) bond motifs is 1. The van der Waals surface area contributed by atoms with Crippen LogP contribution in [-0.4, -0.2) is 22.4 Å². The Bertz CT molecular complexity index is 1140. The Kier molecular flexibility index (Phi) is 6.11. The van der Waals surface area contributed by atoms with Crippen molar-refractivity contribution in [2.45, 2.75) is 95.7 Å². The van der Waals surface area contributed by atoms with Crippen molar-refractivity contribution in [1.29, 1.82) is 0 Å². The summed E-state index contributed by atoms with van der Waals surface area (Å²) in [5.74, 6) is 5.04. The highest BCUT2D eigenvalue weighted by atomic mass is 16.2. The number of carbonyl (C=O) groups excluding carboxylic acids is 1. The molecule has 7 rings (SSSR count). The minimum absolute atomic E-state index is 0.132. The molecule has 188 valence electrons. The van der Waals surface area contributed by atoms with Gasteiger partial charge in [-0.2, -0.15) is 0 Å². The van der Waals surface area contributed by atoms with Gasteiger partial charge in [0.05, 0.1) is 6.04 Å². The molecule has 3 heteroatoms. The molecular weight excluding hydrogens is 440 g/mol. The minimum atomic E-state index is -0.191. The predicted octanol–water partition coefficient (Wildman–Crippen LogP) is 7.04. The summed E-state index contributed by atoms with van der Waals surface area (Å²) >= 11 is 0. The fraction of sp³-hybridized carbons (Fsp3) is 0.545. The molecule has 2 atom stereocenters. The van der Waals surface area contributed by atoms with Crippen LogP contribution >= 0.6 is 0 Å². The summed E-state index contributed by atoms with van der Waals surface area (Å²) in [6.45, 7) is 4.34. The lowest BCUT2D eigenvalue weighted by molar-refractivity contribution is -0.130. The molecule has 1 amide bonds. The molecule has 5 aliphatic rings. The van der Waals surface area contributed by atoms with E-state index in [0.717, 1.165) is 49.0 Å². The van der Waals surface area contributed by atoms with E-state index in [1.54, 1.807) is 0 Å². The number of hydrogen-bond donors (Lipinski definition) is 1. The van der Waals surface area contributed by atoms with Crippen molar-refractivity contribution in [3.63, 3.8) is 0 Å². The number of unbranched alkanes of at least 4 members (excludes halogenated alkanes) is 1. The van der Waals surface area contributed by atoms with Gasteiger partial charge in [-0.25, -0.2) is 0 Å². The third-order valence-electron chi connectivity index (χ3n) is 9.65. The number of aryl methyl sites for hydroxylation is 1. The molecule has 4 aliphatic carbocycles. The van der Waals surface area contributed by atoms with Crippen LogP contribution in [0.3, 0.4) is 0 Å². The van der Waals surface area contributed by atoms with Gasteiger partial charge >= 0.3 is 0 Å². The standard InChI is InChI=1S/C33H40N2O/c1-4-6-7-29-18-27-9-8-22(3)14-30(27)32(35(29)31(36)5-2)26-10-12-28(13-11-26)34-33-19-23-15-24(20-33)17-25(16-23)21-33/h2,8-14,23-25,29,32,34H,4,6-7,15-21H2,1,3H3/t23?,24?,25?,29-,32-,33?/m0/s1. The maximum atomic E-state index is 13.2. The van der Waals surface area contributed by atoms with Gasteiger partial charge in [-0.1, -0.05) is 55.7 Å². The third-order valence-corrected chi connectivity index (χ3v) is 9.65. The van der Waals surface area contributed by atoms with Gasteiger partial charge in [0, 0.05) is 17.3 Å². The maximum Gasteiger partial charge on any atom is 0.299 e. The molecule has 0 radical (unpaired) electrons. The summed E-state index contributed by atoms with van der Waals surface area (Å²) in [4.78, 5) is 15.2. The molecule has 1 aliphatic heterocycles. The molecule has 4 fully saturated rings.